The van der Waals surface area contributed by atoms with Crippen LogP contribution in [0.25, 0.3) is 0 Å². The minimum Gasteiger partial charge on any atom is -0.462 e. The van der Waals surface area contributed by atoms with Crippen molar-refractivity contribution in [3.63, 3.8) is 0 Å². The van der Waals surface area contributed by atoms with Crippen LogP contribution in [0.15, 0.2) is 18.2 Å². The number of fused-ring (bicyclic) bond motifs is 1. The molecule has 1 aliphatic heterocycles. The highest BCUT2D eigenvalue weighted by Gasteiger charge is 2.37. The number of carbonyl (C=O) groups is 2. The predicted octanol–water partition coefficient (Wildman–Crippen LogP) is 4.43. The molecule has 26 heavy (non-hydrogen) atoms. The fraction of sp³-hybridized carbons (Fsp3) is 0.579. The van der Waals surface area contributed by atoms with E-state index < -0.39 is 18.2 Å². The highest BCUT2D eigenvalue weighted by molar-refractivity contribution is 6.36. The lowest BCUT2D eigenvalue weighted by atomic mass is 9.83. The van der Waals surface area contributed by atoms with E-state index in [1.807, 2.05) is 0 Å². The molecule has 0 spiro atoms. The molecule has 0 amide bonds. The summed E-state index contributed by atoms with van der Waals surface area (Å²) in [6.45, 7) is 0.452. The first-order chi connectivity index (χ1) is 12.6. The van der Waals surface area contributed by atoms with Crippen LogP contribution < -0.4 is 0 Å². The molecule has 2 fully saturated rings. The lowest BCUT2D eigenvalue weighted by Crippen LogP contribution is -2.38. The molecule has 7 heteroatoms. The lowest BCUT2D eigenvalue weighted by Gasteiger charge is -2.31. The van der Waals surface area contributed by atoms with Gasteiger partial charge in [-0.1, -0.05) is 36.0 Å². The maximum atomic E-state index is 12.3. The molecule has 0 aromatic heterocycles. The molecule has 0 bridgehead atoms. The van der Waals surface area contributed by atoms with Gasteiger partial charge in [0.05, 0.1) is 16.7 Å². The highest BCUT2D eigenvalue weighted by atomic mass is 35.5. The molecular weight excluding hydrogens is 379 g/mol. The maximum absolute atomic E-state index is 12.3. The Hall–Kier alpha value is -1.30. The van der Waals surface area contributed by atoms with Gasteiger partial charge < -0.3 is 14.2 Å². The smallest absolute Gasteiger partial charge is 0.339 e. The van der Waals surface area contributed by atoms with Gasteiger partial charge in [0, 0.05) is 5.02 Å². The van der Waals surface area contributed by atoms with Gasteiger partial charge in [0.2, 0.25) is 0 Å². The second-order valence-corrected chi connectivity index (χ2v) is 7.67. The van der Waals surface area contributed by atoms with Gasteiger partial charge in [-0.25, -0.2) is 4.79 Å². The van der Waals surface area contributed by atoms with Gasteiger partial charge in [0.15, 0.2) is 0 Å². The first-order valence-electron chi connectivity index (χ1n) is 8.95. The van der Waals surface area contributed by atoms with Crippen LogP contribution >= 0.6 is 23.2 Å². The number of halogens is 2. The van der Waals surface area contributed by atoms with Crippen molar-refractivity contribution in [1.82, 2.24) is 0 Å². The fourth-order valence-electron chi connectivity index (χ4n) is 3.82. The van der Waals surface area contributed by atoms with Crippen molar-refractivity contribution in [2.75, 3.05) is 6.61 Å². The second kappa shape index (κ2) is 9.07. The Kier molecular flexibility index (Phi) is 6.79. The van der Waals surface area contributed by atoms with E-state index in [-0.39, 0.29) is 23.3 Å². The summed E-state index contributed by atoms with van der Waals surface area (Å²) in [5, 5.41) is 0.679. The van der Waals surface area contributed by atoms with Crippen molar-refractivity contribution in [3.8, 4) is 0 Å². The first-order valence-corrected chi connectivity index (χ1v) is 9.71. The van der Waals surface area contributed by atoms with Gasteiger partial charge in [-0.3, -0.25) is 4.79 Å². The molecule has 0 radical (unpaired) electrons. The van der Waals surface area contributed by atoms with E-state index >= 15 is 0 Å². The van der Waals surface area contributed by atoms with Crippen molar-refractivity contribution in [3.05, 3.63) is 33.8 Å². The molecule has 1 heterocycles. The van der Waals surface area contributed by atoms with Gasteiger partial charge in [0.25, 0.3) is 6.47 Å². The lowest BCUT2D eigenvalue weighted by molar-refractivity contribution is -0.150. The zero-order chi connectivity index (χ0) is 18.5. The maximum Gasteiger partial charge on any atom is 0.339 e. The Morgan fingerprint density at radius 3 is 2.77 bits per heavy atom. The van der Waals surface area contributed by atoms with Gasteiger partial charge in [0.1, 0.15) is 18.8 Å². The summed E-state index contributed by atoms with van der Waals surface area (Å²) in [4.78, 5) is 23.2. The number of benzene rings is 1. The Bertz CT molecular complexity index is 651. The van der Waals surface area contributed by atoms with Gasteiger partial charge >= 0.3 is 5.97 Å². The molecule has 1 saturated carbocycles. The van der Waals surface area contributed by atoms with Crippen LogP contribution in [0.2, 0.25) is 10.0 Å². The monoisotopic (exact) mass is 400 g/mol. The summed E-state index contributed by atoms with van der Waals surface area (Å²) < 4.78 is 16.8. The summed E-state index contributed by atoms with van der Waals surface area (Å²) in [6, 6.07) is 4.60. The Labute approximate surface area is 162 Å². The van der Waals surface area contributed by atoms with Crippen LogP contribution in [-0.2, 0) is 19.0 Å². The summed E-state index contributed by atoms with van der Waals surface area (Å²) in [5.41, 5.74) is 0.244. The van der Waals surface area contributed by atoms with Crippen LogP contribution in [0.4, 0.5) is 0 Å². The number of hydrogen-bond acceptors (Lipinski definition) is 5. The second-order valence-electron chi connectivity index (χ2n) is 6.83. The van der Waals surface area contributed by atoms with E-state index in [4.69, 9.17) is 37.4 Å². The van der Waals surface area contributed by atoms with E-state index in [0.717, 1.165) is 25.7 Å². The molecule has 1 aromatic rings. The van der Waals surface area contributed by atoms with Gasteiger partial charge in [-0.15, -0.1) is 0 Å². The molecule has 1 aliphatic carbocycles. The summed E-state index contributed by atoms with van der Waals surface area (Å²) in [7, 11) is 0. The predicted molar refractivity (Wildman–Crippen MR) is 97.5 cm³/mol. The first kappa shape index (κ1) is 19.5. The molecule has 3 rings (SSSR count). The number of carbonyl (C=O) groups excluding carboxylic acids is 2. The Balaban J connectivity index is 1.66. The van der Waals surface area contributed by atoms with Gasteiger partial charge in [-0.2, -0.15) is 0 Å². The molecule has 2 aliphatic rings. The number of esters is 1. The summed E-state index contributed by atoms with van der Waals surface area (Å²) in [5.74, 6) is -0.0718. The van der Waals surface area contributed by atoms with Crippen molar-refractivity contribution >= 4 is 35.6 Å². The van der Waals surface area contributed by atoms with E-state index in [2.05, 4.69) is 0 Å². The largest absolute Gasteiger partial charge is 0.462 e. The van der Waals surface area contributed by atoms with Crippen molar-refractivity contribution in [2.24, 2.45) is 5.92 Å². The molecule has 5 nitrogen and oxygen atoms in total. The average molecular weight is 401 g/mol. The van der Waals surface area contributed by atoms with Crippen LogP contribution in [0.1, 0.15) is 48.9 Å². The molecular formula is C19H22Cl2O5. The molecule has 1 saturated heterocycles. The SMILES string of the molecule is O=CO[C@@H]1CC[C@H]2CCCC[C@@H]2O[C@H]1COC(=O)c1ccc(Cl)cc1Cl. The van der Waals surface area contributed by atoms with Crippen molar-refractivity contribution in [1.29, 1.82) is 0 Å². The van der Waals surface area contributed by atoms with Crippen LogP contribution in [-0.4, -0.2) is 37.4 Å². The van der Waals surface area contributed by atoms with E-state index in [0.29, 0.717) is 23.8 Å². The van der Waals surface area contributed by atoms with Crippen LogP contribution in [0, 0.1) is 5.92 Å². The quantitative estimate of drug-likeness (QED) is 0.540. The highest BCUT2D eigenvalue weighted by Crippen LogP contribution is 2.35. The molecule has 0 N–H and O–H groups in total. The minimum absolute atomic E-state index is 0.0134. The van der Waals surface area contributed by atoms with Crippen LogP contribution in [0.3, 0.4) is 0 Å². The number of ether oxygens (including phenoxy) is 3. The topological polar surface area (TPSA) is 61.8 Å². The van der Waals surface area contributed by atoms with E-state index in [9.17, 15) is 9.59 Å². The molecule has 4 atom stereocenters. The summed E-state index contributed by atoms with van der Waals surface area (Å²) >= 11 is 11.9. The zero-order valence-electron chi connectivity index (χ0n) is 14.4. The van der Waals surface area contributed by atoms with E-state index in [1.54, 1.807) is 6.07 Å². The number of hydrogen-bond donors (Lipinski definition) is 0. The Morgan fingerprint density at radius 2 is 2.00 bits per heavy atom. The third-order valence-corrected chi connectivity index (χ3v) is 5.73. The third kappa shape index (κ3) is 4.70. The van der Waals surface area contributed by atoms with Crippen molar-refractivity contribution in [2.45, 2.75) is 56.8 Å². The van der Waals surface area contributed by atoms with Crippen molar-refractivity contribution < 1.29 is 23.8 Å². The Morgan fingerprint density at radius 1 is 1.19 bits per heavy atom. The fourth-order valence-corrected chi connectivity index (χ4v) is 4.31. The minimum atomic E-state index is -0.551. The molecule has 0 unspecified atom stereocenters. The summed E-state index contributed by atoms with van der Waals surface area (Å²) in [6.07, 6.45) is 5.38. The number of rotatable bonds is 5. The van der Waals surface area contributed by atoms with E-state index in [1.165, 1.54) is 18.6 Å². The zero-order valence-corrected chi connectivity index (χ0v) is 15.9. The normalized spacial score (nSPS) is 28.5. The average Bonchev–Trinajstić information content (AvgIpc) is 2.80. The van der Waals surface area contributed by atoms with Gasteiger partial charge in [-0.05, 0) is 49.8 Å². The standard InChI is InChI=1S/C19H22Cl2O5/c20-13-6-7-14(15(21)9-13)19(23)24-10-18-17(25-11-22)8-5-12-3-1-2-4-16(12)26-18/h6-7,9,11-12,16-18H,1-5,8,10H2/t12-,16+,17-,18+/m1/s1. The molecule has 142 valence electrons. The van der Waals surface area contributed by atoms with Crippen LogP contribution in [0.5, 0.6) is 0 Å². The third-order valence-electron chi connectivity index (χ3n) is 5.19. The molecule has 1 aromatic carbocycles.